The third-order valence-electron chi connectivity index (χ3n) is 4.00. The number of nitrogens with zero attached hydrogens (tertiary/aromatic N) is 1. The lowest BCUT2D eigenvalue weighted by Gasteiger charge is -2.10. The summed E-state index contributed by atoms with van der Waals surface area (Å²) in [5.41, 5.74) is 6.25. The minimum absolute atomic E-state index is 0.106. The second-order valence-corrected chi connectivity index (χ2v) is 5.84. The van der Waals surface area contributed by atoms with E-state index in [1.807, 2.05) is 38.1 Å². The summed E-state index contributed by atoms with van der Waals surface area (Å²) in [5.74, 6) is 1.56. The van der Waals surface area contributed by atoms with Gasteiger partial charge in [-0.15, -0.1) is 0 Å². The van der Waals surface area contributed by atoms with E-state index >= 15 is 0 Å². The van der Waals surface area contributed by atoms with Gasteiger partial charge in [0.15, 0.2) is 18.1 Å². The summed E-state index contributed by atoms with van der Waals surface area (Å²) in [6.07, 6.45) is 0. The van der Waals surface area contributed by atoms with E-state index in [9.17, 15) is 4.79 Å². The van der Waals surface area contributed by atoms with Gasteiger partial charge in [0.2, 0.25) is 0 Å². The molecule has 26 heavy (non-hydrogen) atoms. The normalized spacial score (nSPS) is 11.0. The van der Waals surface area contributed by atoms with Crippen molar-refractivity contribution in [1.82, 2.24) is 5.43 Å². The molecule has 6 nitrogen and oxygen atoms in total. The van der Waals surface area contributed by atoms with Crippen molar-refractivity contribution in [2.24, 2.45) is 5.10 Å². The van der Waals surface area contributed by atoms with E-state index in [-0.39, 0.29) is 12.5 Å². The largest absolute Gasteiger partial charge is 0.493 e. The number of nitrogens with one attached hydrogen (secondary N) is 1. The molecule has 2 rings (SSSR count). The molecule has 6 heteroatoms. The number of hydrogen-bond donors (Lipinski definition) is 1. The molecular weight excluding hydrogens is 332 g/mol. The standard InChI is InChI=1S/C20H24N2O4/c1-13-6-8-17(10-14(13)2)26-12-20(23)22-21-15(3)16-7-9-18(24-4)19(11-16)25-5/h6-11H,12H2,1-5H3,(H,22,23)/b21-15-. The number of hydrazone groups is 1. The van der Waals surface area contributed by atoms with Gasteiger partial charge in [-0.05, 0) is 62.2 Å². The van der Waals surface area contributed by atoms with E-state index in [2.05, 4.69) is 10.5 Å². The minimum atomic E-state index is -0.331. The van der Waals surface area contributed by atoms with Gasteiger partial charge < -0.3 is 14.2 Å². The number of amides is 1. The fraction of sp³-hybridized carbons (Fsp3) is 0.300. The maximum Gasteiger partial charge on any atom is 0.277 e. The second-order valence-electron chi connectivity index (χ2n) is 5.84. The molecule has 0 radical (unpaired) electrons. The molecule has 0 unspecified atom stereocenters. The minimum Gasteiger partial charge on any atom is -0.493 e. The highest BCUT2D eigenvalue weighted by Gasteiger charge is 2.08. The maximum absolute atomic E-state index is 11.9. The Kier molecular flexibility index (Phi) is 6.60. The Balaban J connectivity index is 1.95. The Bertz CT molecular complexity index is 815. The van der Waals surface area contributed by atoms with E-state index in [0.29, 0.717) is 23.0 Å². The molecule has 2 aromatic carbocycles. The zero-order valence-corrected chi connectivity index (χ0v) is 15.8. The fourth-order valence-corrected chi connectivity index (χ4v) is 2.26. The van der Waals surface area contributed by atoms with Crippen LogP contribution in [0.15, 0.2) is 41.5 Å². The summed E-state index contributed by atoms with van der Waals surface area (Å²) in [5, 5.41) is 4.11. The Labute approximate surface area is 153 Å². The lowest BCUT2D eigenvalue weighted by molar-refractivity contribution is -0.123. The molecule has 0 aliphatic rings. The van der Waals surface area contributed by atoms with Gasteiger partial charge in [-0.25, -0.2) is 5.43 Å². The number of hydrogen-bond acceptors (Lipinski definition) is 5. The number of carbonyl (C=O) groups is 1. The Morgan fingerprint density at radius 3 is 2.38 bits per heavy atom. The van der Waals surface area contributed by atoms with Crippen LogP contribution in [0.4, 0.5) is 0 Å². The van der Waals surface area contributed by atoms with Gasteiger partial charge in [-0.3, -0.25) is 4.79 Å². The first-order valence-electron chi connectivity index (χ1n) is 8.20. The van der Waals surface area contributed by atoms with Gasteiger partial charge in [0.25, 0.3) is 5.91 Å². The van der Waals surface area contributed by atoms with Crippen LogP contribution in [0.25, 0.3) is 0 Å². The Morgan fingerprint density at radius 2 is 1.73 bits per heavy atom. The molecule has 2 aromatic rings. The molecule has 0 fully saturated rings. The number of carbonyl (C=O) groups excluding carboxylic acids is 1. The summed E-state index contributed by atoms with van der Waals surface area (Å²) >= 11 is 0. The summed E-state index contributed by atoms with van der Waals surface area (Å²) in [4.78, 5) is 11.9. The quantitative estimate of drug-likeness (QED) is 0.611. The van der Waals surface area contributed by atoms with Gasteiger partial charge in [0.05, 0.1) is 19.9 Å². The molecule has 1 N–H and O–H groups in total. The number of ether oxygens (including phenoxy) is 3. The monoisotopic (exact) mass is 356 g/mol. The molecule has 1 amide bonds. The van der Waals surface area contributed by atoms with Crippen LogP contribution in [0.5, 0.6) is 17.2 Å². The van der Waals surface area contributed by atoms with Crippen molar-refractivity contribution < 1.29 is 19.0 Å². The van der Waals surface area contributed by atoms with Gasteiger partial charge in [-0.2, -0.15) is 5.10 Å². The van der Waals surface area contributed by atoms with E-state index in [1.54, 1.807) is 33.3 Å². The first-order chi connectivity index (χ1) is 12.4. The molecule has 0 spiro atoms. The number of rotatable bonds is 7. The highest BCUT2D eigenvalue weighted by Crippen LogP contribution is 2.27. The van der Waals surface area contributed by atoms with Crippen LogP contribution >= 0.6 is 0 Å². The molecule has 138 valence electrons. The summed E-state index contributed by atoms with van der Waals surface area (Å²) < 4.78 is 16.0. The van der Waals surface area contributed by atoms with E-state index in [1.165, 1.54) is 5.56 Å². The first-order valence-corrected chi connectivity index (χ1v) is 8.20. The van der Waals surface area contributed by atoms with Crippen LogP contribution in [0.1, 0.15) is 23.6 Å². The Hall–Kier alpha value is -3.02. The zero-order chi connectivity index (χ0) is 19.1. The Morgan fingerprint density at radius 1 is 1.00 bits per heavy atom. The highest BCUT2D eigenvalue weighted by atomic mass is 16.5. The fourth-order valence-electron chi connectivity index (χ4n) is 2.26. The van der Waals surface area contributed by atoms with Crippen molar-refractivity contribution in [3.8, 4) is 17.2 Å². The van der Waals surface area contributed by atoms with Crippen LogP contribution in [-0.4, -0.2) is 32.4 Å². The third kappa shape index (κ3) is 4.99. The first kappa shape index (κ1) is 19.3. The number of aryl methyl sites for hydroxylation is 2. The highest BCUT2D eigenvalue weighted by molar-refractivity contribution is 5.99. The molecule has 0 bridgehead atoms. The van der Waals surface area contributed by atoms with Crippen LogP contribution in [0.2, 0.25) is 0 Å². The molecule has 0 heterocycles. The predicted octanol–water partition coefficient (Wildman–Crippen LogP) is 3.24. The van der Waals surface area contributed by atoms with Crippen LogP contribution in [0, 0.1) is 13.8 Å². The lowest BCUT2D eigenvalue weighted by atomic mass is 10.1. The molecule has 0 aliphatic carbocycles. The van der Waals surface area contributed by atoms with Gasteiger partial charge in [0.1, 0.15) is 5.75 Å². The van der Waals surface area contributed by atoms with Crippen LogP contribution in [0.3, 0.4) is 0 Å². The van der Waals surface area contributed by atoms with E-state index in [4.69, 9.17) is 14.2 Å². The van der Waals surface area contributed by atoms with E-state index < -0.39 is 0 Å². The maximum atomic E-state index is 11.9. The topological polar surface area (TPSA) is 69.2 Å². The average Bonchev–Trinajstić information content (AvgIpc) is 2.66. The van der Waals surface area contributed by atoms with Crippen molar-refractivity contribution in [2.75, 3.05) is 20.8 Å². The van der Waals surface area contributed by atoms with Crippen molar-refractivity contribution in [3.63, 3.8) is 0 Å². The van der Waals surface area contributed by atoms with Crippen LogP contribution in [-0.2, 0) is 4.79 Å². The lowest BCUT2D eigenvalue weighted by Crippen LogP contribution is -2.25. The van der Waals surface area contributed by atoms with Crippen molar-refractivity contribution in [1.29, 1.82) is 0 Å². The summed E-state index contributed by atoms with van der Waals surface area (Å²) in [6.45, 7) is 5.72. The van der Waals surface area contributed by atoms with E-state index in [0.717, 1.165) is 11.1 Å². The van der Waals surface area contributed by atoms with Crippen molar-refractivity contribution in [3.05, 3.63) is 53.1 Å². The predicted molar refractivity (Wildman–Crippen MR) is 101 cm³/mol. The van der Waals surface area contributed by atoms with Gasteiger partial charge in [0, 0.05) is 5.56 Å². The molecule has 0 aliphatic heterocycles. The SMILES string of the molecule is COc1ccc(/C(C)=N\NC(=O)COc2ccc(C)c(C)c2)cc1OC. The number of benzene rings is 2. The van der Waals surface area contributed by atoms with Crippen molar-refractivity contribution in [2.45, 2.75) is 20.8 Å². The second kappa shape index (κ2) is 8.89. The smallest absolute Gasteiger partial charge is 0.277 e. The molecule has 0 atom stereocenters. The molecule has 0 saturated heterocycles. The molecule has 0 aromatic heterocycles. The number of methoxy groups -OCH3 is 2. The van der Waals surface area contributed by atoms with Crippen molar-refractivity contribution >= 4 is 11.6 Å². The summed E-state index contributed by atoms with van der Waals surface area (Å²) in [7, 11) is 3.15. The summed E-state index contributed by atoms with van der Waals surface area (Å²) in [6, 6.07) is 11.1. The van der Waals surface area contributed by atoms with Gasteiger partial charge >= 0.3 is 0 Å². The zero-order valence-electron chi connectivity index (χ0n) is 15.8. The molecular formula is C20H24N2O4. The van der Waals surface area contributed by atoms with Gasteiger partial charge in [-0.1, -0.05) is 6.07 Å². The average molecular weight is 356 g/mol. The third-order valence-corrected chi connectivity index (χ3v) is 4.00. The molecule has 0 saturated carbocycles. The van der Waals surface area contributed by atoms with Crippen LogP contribution < -0.4 is 19.6 Å².